The molecule has 0 atom stereocenters. The molecule has 23 heavy (non-hydrogen) atoms. The standard InChI is InChI=1S/C15H16ClN5S2/c16-10-6-17-13(20-14(10)21-4-2-1-3-5-21)9-23-15-18-11-7-22-8-12(11)19-15/h6-8H,1-5,9H2,(H,18,19). The first-order valence-corrected chi connectivity index (χ1v) is 9.91. The van der Waals surface area contributed by atoms with Crippen LogP contribution < -0.4 is 4.90 Å². The third-order valence-electron chi connectivity index (χ3n) is 3.87. The van der Waals surface area contributed by atoms with E-state index < -0.39 is 0 Å². The Kier molecular flexibility index (Phi) is 4.41. The zero-order valence-corrected chi connectivity index (χ0v) is 14.8. The quantitative estimate of drug-likeness (QED) is 0.696. The summed E-state index contributed by atoms with van der Waals surface area (Å²) in [6.45, 7) is 2.05. The fourth-order valence-corrected chi connectivity index (χ4v) is 4.37. The maximum Gasteiger partial charge on any atom is 0.166 e. The Morgan fingerprint density at radius 3 is 2.91 bits per heavy atom. The van der Waals surface area contributed by atoms with Gasteiger partial charge in [-0.1, -0.05) is 23.4 Å². The number of anilines is 1. The molecular weight excluding hydrogens is 350 g/mol. The summed E-state index contributed by atoms with van der Waals surface area (Å²) in [5.41, 5.74) is 2.10. The zero-order valence-electron chi connectivity index (χ0n) is 12.5. The molecule has 1 saturated heterocycles. The van der Waals surface area contributed by atoms with Crippen molar-refractivity contribution in [3.8, 4) is 0 Å². The molecule has 0 spiro atoms. The number of hydrogen-bond donors (Lipinski definition) is 1. The largest absolute Gasteiger partial charge is 0.355 e. The lowest BCUT2D eigenvalue weighted by molar-refractivity contribution is 0.572. The fourth-order valence-electron chi connectivity index (χ4n) is 2.71. The van der Waals surface area contributed by atoms with Gasteiger partial charge in [0.15, 0.2) is 11.0 Å². The Balaban J connectivity index is 1.48. The van der Waals surface area contributed by atoms with E-state index in [1.54, 1.807) is 29.3 Å². The predicted molar refractivity (Wildman–Crippen MR) is 96.6 cm³/mol. The van der Waals surface area contributed by atoms with E-state index in [0.29, 0.717) is 10.8 Å². The highest BCUT2D eigenvalue weighted by Gasteiger charge is 2.16. The van der Waals surface area contributed by atoms with Gasteiger partial charge in [0.1, 0.15) is 16.4 Å². The van der Waals surface area contributed by atoms with E-state index >= 15 is 0 Å². The van der Waals surface area contributed by atoms with E-state index in [0.717, 1.165) is 40.9 Å². The van der Waals surface area contributed by atoms with Crippen LogP contribution in [0.15, 0.2) is 22.1 Å². The van der Waals surface area contributed by atoms with Gasteiger partial charge in [-0.2, -0.15) is 0 Å². The first-order chi connectivity index (χ1) is 11.3. The maximum atomic E-state index is 6.29. The van der Waals surface area contributed by atoms with Gasteiger partial charge in [0, 0.05) is 23.8 Å². The molecule has 0 unspecified atom stereocenters. The number of aromatic amines is 1. The molecule has 0 aromatic carbocycles. The monoisotopic (exact) mass is 365 g/mol. The van der Waals surface area contributed by atoms with Gasteiger partial charge in [-0.3, -0.25) is 0 Å². The number of nitrogens with one attached hydrogen (secondary N) is 1. The van der Waals surface area contributed by atoms with Crippen molar-refractivity contribution >= 4 is 51.6 Å². The smallest absolute Gasteiger partial charge is 0.166 e. The molecule has 0 radical (unpaired) electrons. The van der Waals surface area contributed by atoms with E-state index in [4.69, 9.17) is 11.6 Å². The van der Waals surface area contributed by atoms with E-state index in [1.807, 2.05) is 5.38 Å². The first-order valence-electron chi connectivity index (χ1n) is 7.61. The summed E-state index contributed by atoms with van der Waals surface area (Å²) in [5.74, 6) is 2.34. The van der Waals surface area contributed by atoms with Crippen molar-refractivity contribution in [2.24, 2.45) is 0 Å². The minimum Gasteiger partial charge on any atom is -0.355 e. The molecule has 4 rings (SSSR count). The van der Waals surface area contributed by atoms with Crippen LogP contribution in [0.4, 0.5) is 5.82 Å². The van der Waals surface area contributed by atoms with Crippen LogP contribution in [-0.2, 0) is 5.75 Å². The van der Waals surface area contributed by atoms with Crippen molar-refractivity contribution < 1.29 is 0 Å². The lowest BCUT2D eigenvalue weighted by atomic mass is 10.1. The van der Waals surface area contributed by atoms with Crippen molar-refractivity contribution in [2.75, 3.05) is 18.0 Å². The van der Waals surface area contributed by atoms with E-state index in [-0.39, 0.29) is 0 Å². The Morgan fingerprint density at radius 2 is 2.09 bits per heavy atom. The third-order valence-corrected chi connectivity index (χ3v) is 5.74. The number of thioether (sulfide) groups is 1. The first kappa shape index (κ1) is 15.2. The second-order valence-corrected chi connectivity index (χ2v) is 7.62. The van der Waals surface area contributed by atoms with Crippen molar-refractivity contribution in [2.45, 2.75) is 30.2 Å². The summed E-state index contributed by atoms with van der Waals surface area (Å²) < 4.78 is 0. The van der Waals surface area contributed by atoms with E-state index in [9.17, 15) is 0 Å². The molecule has 5 nitrogen and oxygen atoms in total. The van der Waals surface area contributed by atoms with Gasteiger partial charge in [-0.05, 0) is 19.3 Å². The lowest BCUT2D eigenvalue weighted by Gasteiger charge is -2.28. The molecule has 1 aliphatic rings. The summed E-state index contributed by atoms with van der Waals surface area (Å²) in [5, 5.41) is 5.66. The predicted octanol–water partition coefficient (Wildman–Crippen LogP) is 4.35. The van der Waals surface area contributed by atoms with Crippen LogP contribution in [0.2, 0.25) is 5.02 Å². The number of halogens is 1. The number of nitrogens with zero attached hydrogens (tertiary/aromatic N) is 4. The number of thiophene rings is 1. The number of imidazole rings is 1. The van der Waals surface area contributed by atoms with Crippen molar-refractivity contribution in [3.63, 3.8) is 0 Å². The molecule has 4 heterocycles. The number of aromatic nitrogens is 4. The Morgan fingerprint density at radius 1 is 1.22 bits per heavy atom. The zero-order chi connectivity index (χ0) is 15.6. The minimum atomic E-state index is 0.638. The van der Waals surface area contributed by atoms with Crippen molar-refractivity contribution in [1.29, 1.82) is 0 Å². The highest BCUT2D eigenvalue weighted by molar-refractivity contribution is 7.98. The van der Waals surface area contributed by atoms with Crippen LogP contribution in [-0.4, -0.2) is 33.0 Å². The number of rotatable bonds is 4. The summed E-state index contributed by atoms with van der Waals surface area (Å²) in [7, 11) is 0. The minimum absolute atomic E-state index is 0.638. The SMILES string of the molecule is Clc1cnc(CSc2nc3cscc3[nH]2)nc1N1CCCCC1. The van der Waals surface area contributed by atoms with Crippen LogP contribution in [0.25, 0.3) is 11.0 Å². The Bertz CT molecular complexity index is 781. The molecule has 3 aromatic heterocycles. The molecule has 1 aliphatic heterocycles. The van der Waals surface area contributed by atoms with Crippen LogP contribution in [0.3, 0.4) is 0 Å². The van der Waals surface area contributed by atoms with Gasteiger partial charge in [-0.15, -0.1) is 11.3 Å². The number of piperidine rings is 1. The molecule has 1 N–H and O–H groups in total. The summed E-state index contributed by atoms with van der Waals surface area (Å²) in [6.07, 6.45) is 5.41. The molecule has 3 aromatic rings. The molecule has 0 aliphatic carbocycles. The fraction of sp³-hybridized carbons (Fsp3) is 0.400. The van der Waals surface area contributed by atoms with Gasteiger partial charge < -0.3 is 9.88 Å². The van der Waals surface area contributed by atoms with E-state index in [1.165, 1.54) is 19.3 Å². The van der Waals surface area contributed by atoms with Gasteiger partial charge in [0.05, 0.1) is 17.5 Å². The summed E-state index contributed by atoms with van der Waals surface area (Å²) >= 11 is 9.57. The highest BCUT2D eigenvalue weighted by Crippen LogP contribution is 2.28. The molecule has 0 amide bonds. The number of hydrogen-bond acceptors (Lipinski definition) is 6. The average molecular weight is 366 g/mol. The van der Waals surface area contributed by atoms with Gasteiger partial charge >= 0.3 is 0 Å². The van der Waals surface area contributed by atoms with Crippen LogP contribution in [0.5, 0.6) is 0 Å². The molecule has 0 saturated carbocycles. The topological polar surface area (TPSA) is 57.7 Å². The maximum absolute atomic E-state index is 6.29. The van der Waals surface area contributed by atoms with Gasteiger partial charge in [0.2, 0.25) is 0 Å². The van der Waals surface area contributed by atoms with Gasteiger partial charge in [0.25, 0.3) is 0 Å². The second kappa shape index (κ2) is 6.67. The highest BCUT2D eigenvalue weighted by atomic mass is 35.5. The van der Waals surface area contributed by atoms with Crippen molar-refractivity contribution in [1.82, 2.24) is 19.9 Å². The van der Waals surface area contributed by atoms with Gasteiger partial charge in [-0.25, -0.2) is 15.0 Å². The average Bonchev–Trinajstić information content (AvgIpc) is 3.16. The Hall–Kier alpha value is -1.31. The summed E-state index contributed by atoms with van der Waals surface area (Å²) in [4.78, 5) is 19.2. The number of fused-ring (bicyclic) bond motifs is 1. The van der Waals surface area contributed by atoms with Crippen LogP contribution in [0, 0.1) is 0 Å². The molecule has 0 bridgehead atoms. The normalized spacial score (nSPS) is 15.4. The third kappa shape index (κ3) is 3.32. The lowest BCUT2D eigenvalue weighted by Crippen LogP contribution is -2.30. The van der Waals surface area contributed by atoms with Crippen LogP contribution in [0.1, 0.15) is 25.1 Å². The van der Waals surface area contributed by atoms with Crippen LogP contribution >= 0.6 is 34.7 Å². The second-order valence-electron chi connectivity index (χ2n) is 5.51. The molecule has 120 valence electrons. The Labute approximate surface area is 147 Å². The van der Waals surface area contributed by atoms with E-state index in [2.05, 4.69) is 30.2 Å². The number of H-pyrrole nitrogens is 1. The molecule has 1 fully saturated rings. The summed E-state index contributed by atoms with van der Waals surface area (Å²) in [6, 6.07) is 0. The molecule has 8 heteroatoms. The van der Waals surface area contributed by atoms with Crippen molar-refractivity contribution in [3.05, 3.63) is 27.8 Å². The molecular formula is C15H16ClN5S2.